The Morgan fingerprint density at radius 3 is 2.32 bits per heavy atom. The van der Waals surface area contributed by atoms with Gasteiger partial charge < -0.3 is 10.0 Å². The second-order valence-corrected chi connectivity index (χ2v) is 5.46. The molecular weight excluding hydrogens is 314 g/mol. The average molecular weight is 342 g/mol. The van der Waals surface area contributed by atoms with Crippen LogP contribution in [0.15, 0.2) is 65.6 Å². The Hall–Kier alpha value is -1.31. The van der Waals surface area contributed by atoms with Crippen molar-refractivity contribution in [2.45, 2.75) is 39.0 Å². The second-order valence-electron chi connectivity index (χ2n) is 5.46. The summed E-state index contributed by atoms with van der Waals surface area (Å²) in [5, 5.41) is 9.91. The SMILES string of the molecule is CCCCCCC1=CC=C/C1=C(/O)N(C)C.[Fe].c1cc[cH-]c1. The van der Waals surface area contributed by atoms with Crippen LogP contribution in [-0.4, -0.2) is 24.1 Å². The first-order valence-electron chi connectivity index (χ1n) is 7.81. The molecule has 0 spiro atoms. The topological polar surface area (TPSA) is 23.5 Å². The van der Waals surface area contributed by atoms with E-state index in [4.69, 9.17) is 0 Å². The summed E-state index contributed by atoms with van der Waals surface area (Å²) >= 11 is 0. The first-order chi connectivity index (χ1) is 10.2. The number of aliphatic hydroxyl groups is 1. The van der Waals surface area contributed by atoms with Gasteiger partial charge in [-0.15, -0.1) is 0 Å². The zero-order chi connectivity index (χ0) is 15.5. The molecule has 0 unspecified atom stereocenters. The van der Waals surface area contributed by atoms with Crippen LogP contribution in [0.25, 0.3) is 0 Å². The van der Waals surface area contributed by atoms with E-state index in [1.165, 1.54) is 31.3 Å². The van der Waals surface area contributed by atoms with Gasteiger partial charge in [0.05, 0.1) is 0 Å². The van der Waals surface area contributed by atoms with Crippen molar-refractivity contribution >= 4 is 0 Å². The molecule has 0 amide bonds. The van der Waals surface area contributed by atoms with E-state index in [9.17, 15) is 5.11 Å². The molecule has 0 saturated heterocycles. The number of aliphatic hydroxyl groups excluding tert-OH is 1. The molecule has 1 aromatic carbocycles. The molecule has 0 fully saturated rings. The van der Waals surface area contributed by atoms with Crippen LogP contribution in [-0.2, 0) is 17.1 Å². The molecule has 1 N–H and O–H groups in total. The first-order valence-corrected chi connectivity index (χ1v) is 7.81. The molecule has 3 heteroatoms. The molecule has 124 valence electrons. The minimum absolute atomic E-state index is 0. The van der Waals surface area contributed by atoms with Crippen LogP contribution in [0.5, 0.6) is 0 Å². The normalized spacial score (nSPS) is 14.6. The monoisotopic (exact) mass is 342 g/mol. The maximum Gasteiger partial charge on any atom is 0.194 e. The fourth-order valence-corrected chi connectivity index (χ4v) is 2.20. The van der Waals surface area contributed by atoms with Gasteiger partial charge in [0.15, 0.2) is 5.88 Å². The molecule has 0 saturated carbocycles. The molecule has 22 heavy (non-hydrogen) atoms. The van der Waals surface area contributed by atoms with E-state index in [1.807, 2.05) is 56.6 Å². The minimum Gasteiger partial charge on any atom is -0.494 e. The summed E-state index contributed by atoms with van der Waals surface area (Å²) in [5.74, 6) is 0.371. The molecule has 1 aliphatic carbocycles. The van der Waals surface area contributed by atoms with E-state index in [-0.39, 0.29) is 17.1 Å². The van der Waals surface area contributed by atoms with Crippen LogP contribution in [0.1, 0.15) is 39.0 Å². The smallest absolute Gasteiger partial charge is 0.194 e. The van der Waals surface area contributed by atoms with E-state index in [0.717, 1.165) is 12.0 Å². The predicted octanol–water partition coefficient (Wildman–Crippen LogP) is 5.19. The largest absolute Gasteiger partial charge is 0.494 e. The van der Waals surface area contributed by atoms with Crippen molar-refractivity contribution in [3.63, 3.8) is 0 Å². The minimum atomic E-state index is 0. The van der Waals surface area contributed by atoms with Crippen molar-refractivity contribution < 1.29 is 22.2 Å². The average Bonchev–Trinajstić information content (AvgIpc) is 3.16. The maximum atomic E-state index is 9.91. The number of rotatable bonds is 6. The number of allylic oxidation sites excluding steroid dienone is 5. The van der Waals surface area contributed by atoms with Crippen LogP contribution in [0.2, 0.25) is 0 Å². The molecule has 0 aromatic heterocycles. The van der Waals surface area contributed by atoms with E-state index in [1.54, 1.807) is 4.90 Å². The van der Waals surface area contributed by atoms with Gasteiger partial charge in [0.2, 0.25) is 0 Å². The zero-order valence-corrected chi connectivity index (χ0v) is 15.0. The molecule has 0 radical (unpaired) electrons. The Morgan fingerprint density at radius 1 is 1.14 bits per heavy atom. The fourth-order valence-electron chi connectivity index (χ4n) is 2.20. The van der Waals surface area contributed by atoms with Gasteiger partial charge in [0, 0.05) is 36.7 Å². The van der Waals surface area contributed by atoms with Gasteiger partial charge >= 0.3 is 0 Å². The number of hydrogen-bond acceptors (Lipinski definition) is 2. The summed E-state index contributed by atoms with van der Waals surface area (Å²) in [6.45, 7) is 2.22. The van der Waals surface area contributed by atoms with E-state index >= 15 is 0 Å². The predicted molar refractivity (Wildman–Crippen MR) is 91.4 cm³/mol. The number of hydrogen-bond donors (Lipinski definition) is 1. The molecule has 0 heterocycles. The van der Waals surface area contributed by atoms with Crippen molar-refractivity contribution in [1.82, 2.24) is 4.90 Å². The van der Waals surface area contributed by atoms with Crippen LogP contribution in [0.3, 0.4) is 0 Å². The summed E-state index contributed by atoms with van der Waals surface area (Å²) < 4.78 is 0. The van der Waals surface area contributed by atoms with E-state index in [0.29, 0.717) is 5.88 Å². The van der Waals surface area contributed by atoms with Crippen molar-refractivity contribution in [2.24, 2.45) is 0 Å². The maximum absolute atomic E-state index is 9.91. The number of nitrogens with zero attached hydrogens (tertiary/aromatic N) is 1. The summed E-state index contributed by atoms with van der Waals surface area (Å²) in [6, 6.07) is 10.0. The van der Waals surface area contributed by atoms with Crippen LogP contribution in [0, 0.1) is 0 Å². The van der Waals surface area contributed by atoms with E-state index in [2.05, 4.69) is 13.0 Å². The fraction of sp³-hybridized carbons (Fsp3) is 0.421. The van der Waals surface area contributed by atoms with Gasteiger partial charge in [0.1, 0.15) is 0 Å². The molecule has 2 nitrogen and oxygen atoms in total. The Labute approximate surface area is 146 Å². The summed E-state index contributed by atoms with van der Waals surface area (Å²) in [6.07, 6.45) is 12.3. The van der Waals surface area contributed by atoms with Gasteiger partial charge in [-0.2, -0.15) is 18.2 Å². The quantitative estimate of drug-likeness (QED) is 0.333. The molecule has 2 rings (SSSR count). The Balaban J connectivity index is 0.000000622. The Kier molecular flexibility index (Phi) is 11.5. The van der Waals surface area contributed by atoms with Crippen molar-refractivity contribution in [2.75, 3.05) is 14.1 Å². The van der Waals surface area contributed by atoms with Gasteiger partial charge in [-0.25, -0.2) is 12.1 Å². The zero-order valence-electron chi connectivity index (χ0n) is 13.9. The molecule has 0 atom stereocenters. The molecule has 0 bridgehead atoms. The van der Waals surface area contributed by atoms with Crippen LogP contribution < -0.4 is 0 Å². The van der Waals surface area contributed by atoms with Gasteiger partial charge in [-0.3, -0.25) is 0 Å². The van der Waals surface area contributed by atoms with E-state index < -0.39 is 0 Å². The van der Waals surface area contributed by atoms with Gasteiger partial charge in [-0.05, 0) is 24.5 Å². The Bertz CT molecular complexity index is 452. The third-order valence-corrected chi connectivity index (χ3v) is 3.43. The third-order valence-electron chi connectivity index (χ3n) is 3.43. The van der Waals surface area contributed by atoms with Gasteiger partial charge in [0.25, 0.3) is 0 Å². The third kappa shape index (κ3) is 7.63. The molecule has 1 aromatic rings. The van der Waals surface area contributed by atoms with Crippen LogP contribution in [0.4, 0.5) is 0 Å². The summed E-state index contributed by atoms with van der Waals surface area (Å²) in [7, 11) is 3.73. The van der Waals surface area contributed by atoms with Crippen molar-refractivity contribution in [3.8, 4) is 0 Å². The van der Waals surface area contributed by atoms with Crippen molar-refractivity contribution in [1.29, 1.82) is 0 Å². The van der Waals surface area contributed by atoms with Gasteiger partial charge in [-0.1, -0.05) is 38.3 Å². The molecule has 1 aliphatic rings. The molecule has 0 aliphatic heterocycles. The van der Waals surface area contributed by atoms with Crippen molar-refractivity contribution in [3.05, 3.63) is 65.6 Å². The Morgan fingerprint density at radius 2 is 1.82 bits per heavy atom. The second kappa shape index (κ2) is 12.3. The number of unbranched alkanes of at least 4 members (excludes halogenated alkanes) is 3. The summed E-state index contributed by atoms with van der Waals surface area (Å²) in [5.41, 5.74) is 2.25. The summed E-state index contributed by atoms with van der Waals surface area (Å²) in [4.78, 5) is 1.75. The molecular formula is C19H28FeNO-. The standard InChI is InChI=1S/C14H23NO.C5H5.Fe/c1-4-5-6-7-9-12-10-8-11-13(12)14(16)15(2)3;1-2-4-5-3-1;/h8,10-11,16H,4-7,9H2,1-3H3;1-5H;/q;-1;/b14-13-;;. The van der Waals surface area contributed by atoms with Crippen LogP contribution >= 0.6 is 0 Å². The first kappa shape index (κ1) is 20.7.